The van der Waals surface area contributed by atoms with E-state index in [0.717, 1.165) is 19.4 Å². The maximum Gasteiger partial charge on any atom is 0.224 e. The number of nitrogens with two attached hydrogens (primary N) is 1. The lowest BCUT2D eigenvalue weighted by molar-refractivity contribution is -0.124. The molecule has 0 spiro atoms. The summed E-state index contributed by atoms with van der Waals surface area (Å²) in [5.41, 5.74) is 5.36. The summed E-state index contributed by atoms with van der Waals surface area (Å²) >= 11 is 0. The van der Waals surface area contributed by atoms with Crippen molar-refractivity contribution in [1.82, 2.24) is 5.32 Å². The van der Waals surface area contributed by atoms with Crippen LogP contribution in [0.2, 0.25) is 0 Å². The second kappa shape index (κ2) is 5.19. The van der Waals surface area contributed by atoms with Crippen LogP contribution < -0.4 is 11.1 Å². The molecular formula is C9H18N2O2. The summed E-state index contributed by atoms with van der Waals surface area (Å²) < 4.78 is 5.37. The summed E-state index contributed by atoms with van der Waals surface area (Å²) in [4.78, 5) is 11.3. The minimum Gasteiger partial charge on any atom is -0.376 e. The van der Waals surface area contributed by atoms with Crippen LogP contribution in [-0.2, 0) is 9.53 Å². The van der Waals surface area contributed by atoms with Crippen molar-refractivity contribution in [3.05, 3.63) is 0 Å². The zero-order valence-electron chi connectivity index (χ0n) is 8.08. The summed E-state index contributed by atoms with van der Waals surface area (Å²) in [5, 5.41) is 2.83. The quantitative estimate of drug-likeness (QED) is 0.643. The number of hydrogen-bond acceptors (Lipinski definition) is 3. The van der Waals surface area contributed by atoms with Crippen LogP contribution >= 0.6 is 0 Å². The summed E-state index contributed by atoms with van der Waals surface area (Å²) in [7, 11) is 0. The van der Waals surface area contributed by atoms with Crippen molar-refractivity contribution in [3.8, 4) is 0 Å². The van der Waals surface area contributed by atoms with Gasteiger partial charge in [0.15, 0.2) is 0 Å². The van der Waals surface area contributed by atoms with E-state index in [-0.39, 0.29) is 17.9 Å². The van der Waals surface area contributed by atoms with E-state index < -0.39 is 0 Å². The van der Waals surface area contributed by atoms with Crippen LogP contribution in [0.4, 0.5) is 0 Å². The van der Waals surface area contributed by atoms with Gasteiger partial charge in [0.05, 0.1) is 6.10 Å². The molecule has 1 aliphatic heterocycles. The Balaban J connectivity index is 2.13. The molecule has 0 bridgehead atoms. The van der Waals surface area contributed by atoms with Gasteiger partial charge in [0.2, 0.25) is 5.91 Å². The highest BCUT2D eigenvalue weighted by atomic mass is 16.5. The van der Waals surface area contributed by atoms with Gasteiger partial charge in [-0.3, -0.25) is 4.79 Å². The average Bonchev–Trinajstić information content (AvgIpc) is 2.65. The van der Waals surface area contributed by atoms with Crippen molar-refractivity contribution in [2.45, 2.75) is 25.9 Å². The molecule has 2 unspecified atom stereocenters. The molecule has 4 nitrogen and oxygen atoms in total. The first-order valence-electron chi connectivity index (χ1n) is 4.83. The Morgan fingerprint density at radius 2 is 2.54 bits per heavy atom. The van der Waals surface area contributed by atoms with Gasteiger partial charge < -0.3 is 15.8 Å². The average molecular weight is 186 g/mol. The summed E-state index contributed by atoms with van der Waals surface area (Å²) in [6.45, 7) is 3.68. The van der Waals surface area contributed by atoms with E-state index in [2.05, 4.69) is 5.32 Å². The van der Waals surface area contributed by atoms with Crippen LogP contribution in [-0.4, -0.2) is 31.7 Å². The van der Waals surface area contributed by atoms with E-state index >= 15 is 0 Å². The SMILES string of the molecule is CC(CN)C(=O)NCC1CCCO1. The van der Waals surface area contributed by atoms with Crippen molar-refractivity contribution in [1.29, 1.82) is 0 Å². The fourth-order valence-corrected chi connectivity index (χ4v) is 1.30. The van der Waals surface area contributed by atoms with E-state index in [9.17, 15) is 4.79 Å². The van der Waals surface area contributed by atoms with Gasteiger partial charge in [-0.05, 0) is 12.8 Å². The zero-order chi connectivity index (χ0) is 9.68. The van der Waals surface area contributed by atoms with Crippen molar-refractivity contribution in [3.63, 3.8) is 0 Å². The topological polar surface area (TPSA) is 64.4 Å². The molecule has 1 heterocycles. The molecule has 0 aromatic heterocycles. The normalized spacial score (nSPS) is 24.3. The molecule has 4 heteroatoms. The highest BCUT2D eigenvalue weighted by molar-refractivity contribution is 5.78. The molecule has 0 aliphatic carbocycles. The van der Waals surface area contributed by atoms with Gasteiger partial charge in [-0.1, -0.05) is 6.92 Å². The van der Waals surface area contributed by atoms with Gasteiger partial charge in [0, 0.05) is 25.6 Å². The van der Waals surface area contributed by atoms with Crippen LogP contribution in [0.3, 0.4) is 0 Å². The molecule has 1 fully saturated rings. The lowest BCUT2D eigenvalue weighted by atomic mass is 10.1. The monoisotopic (exact) mass is 186 g/mol. The maximum atomic E-state index is 11.3. The van der Waals surface area contributed by atoms with E-state index in [1.807, 2.05) is 6.92 Å². The molecule has 3 N–H and O–H groups in total. The summed E-state index contributed by atoms with van der Waals surface area (Å²) in [5.74, 6) is -0.0700. The second-order valence-corrected chi connectivity index (χ2v) is 3.52. The minimum absolute atomic E-state index is 0.0259. The number of ether oxygens (including phenoxy) is 1. The van der Waals surface area contributed by atoms with Gasteiger partial charge in [0.25, 0.3) is 0 Å². The lowest BCUT2D eigenvalue weighted by Gasteiger charge is -2.13. The van der Waals surface area contributed by atoms with Gasteiger partial charge in [-0.2, -0.15) is 0 Å². The van der Waals surface area contributed by atoms with Crippen LogP contribution in [0.25, 0.3) is 0 Å². The molecule has 0 saturated carbocycles. The molecule has 0 aromatic rings. The summed E-state index contributed by atoms with van der Waals surface area (Å²) in [6.07, 6.45) is 2.37. The first kappa shape index (κ1) is 10.5. The molecule has 1 saturated heterocycles. The Morgan fingerprint density at radius 3 is 3.08 bits per heavy atom. The molecule has 0 radical (unpaired) electrons. The molecule has 1 aliphatic rings. The van der Waals surface area contributed by atoms with Crippen LogP contribution in [0.1, 0.15) is 19.8 Å². The molecule has 1 amide bonds. The third-order valence-corrected chi connectivity index (χ3v) is 2.33. The lowest BCUT2D eigenvalue weighted by Crippen LogP contribution is -2.37. The van der Waals surface area contributed by atoms with Crippen LogP contribution in [0.15, 0.2) is 0 Å². The fraction of sp³-hybridized carbons (Fsp3) is 0.889. The molecule has 0 aromatic carbocycles. The first-order valence-corrected chi connectivity index (χ1v) is 4.83. The van der Waals surface area contributed by atoms with Crippen LogP contribution in [0, 0.1) is 5.92 Å². The third-order valence-electron chi connectivity index (χ3n) is 2.33. The van der Waals surface area contributed by atoms with Crippen molar-refractivity contribution >= 4 is 5.91 Å². The number of carbonyl (C=O) groups is 1. The Hall–Kier alpha value is -0.610. The predicted molar refractivity (Wildman–Crippen MR) is 50.2 cm³/mol. The molecule has 76 valence electrons. The van der Waals surface area contributed by atoms with E-state index in [4.69, 9.17) is 10.5 Å². The molecule has 1 rings (SSSR count). The molecule has 2 atom stereocenters. The molecular weight excluding hydrogens is 168 g/mol. The van der Waals surface area contributed by atoms with Gasteiger partial charge in [0.1, 0.15) is 0 Å². The second-order valence-electron chi connectivity index (χ2n) is 3.52. The van der Waals surface area contributed by atoms with Crippen LogP contribution in [0.5, 0.6) is 0 Å². The highest BCUT2D eigenvalue weighted by Gasteiger charge is 2.17. The number of amides is 1. The van der Waals surface area contributed by atoms with Gasteiger partial charge in [-0.15, -0.1) is 0 Å². The van der Waals surface area contributed by atoms with Crippen molar-refractivity contribution < 1.29 is 9.53 Å². The third kappa shape index (κ3) is 3.32. The first-order chi connectivity index (χ1) is 6.24. The van der Waals surface area contributed by atoms with Gasteiger partial charge in [-0.25, -0.2) is 0 Å². The Labute approximate surface area is 78.8 Å². The Morgan fingerprint density at radius 1 is 1.77 bits per heavy atom. The largest absolute Gasteiger partial charge is 0.376 e. The standard InChI is InChI=1S/C9H18N2O2/c1-7(5-10)9(12)11-6-8-3-2-4-13-8/h7-8H,2-6,10H2,1H3,(H,11,12). The minimum atomic E-state index is -0.0959. The Bertz CT molecular complexity index is 167. The number of rotatable bonds is 4. The fourth-order valence-electron chi connectivity index (χ4n) is 1.30. The molecule has 13 heavy (non-hydrogen) atoms. The van der Waals surface area contributed by atoms with E-state index in [1.165, 1.54) is 0 Å². The highest BCUT2D eigenvalue weighted by Crippen LogP contribution is 2.10. The van der Waals surface area contributed by atoms with Crippen molar-refractivity contribution in [2.75, 3.05) is 19.7 Å². The smallest absolute Gasteiger partial charge is 0.224 e. The zero-order valence-corrected chi connectivity index (χ0v) is 8.08. The number of hydrogen-bond donors (Lipinski definition) is 2. The van der Waals surface area contributed by atoms with E-state index in [0.29, 0.717) is 13.1 Å². The number of carbonyl (C=O) groups excluding carboxylic acids is 1. The Kier molecular flexibility index (Phi) is 4.18. The predicted octanol–water partition coefficient (Wildman–Crippen LogP) is -0.124. The maximum absolute atomic E-state index is 11.3. The van der Waals surface area contributed by atoms with E-state index in [1.54, 1.807) is 0 Å². The van der Waals surface area contributed by atoms with Crippen molar-refractivity contribution in [2.24, 2.45) is 11.7 Å². The van der Waals surface area contributed by atoms with Gasteiger partial charge >= 0.3 is 0 Å². The number of nitrogens with one attached hydrogen (secondary N) is 1. The summed E-state index contributed by atoms with van der Waals surface area (Å²) in [6, 6.07) is 0.